The number of nitrogens with zero attached hydrogens (tertiary/aromatic N) is 2. The number of carbonyl (C=O) groups excluding carboxylic acids is 1. The molecule has 1 aliphatic carbocycles. The number of anilines is 1. The van der Waals surface area contributed by atoms with Gasteiger partial charge in [0.05, 0.1) is 16.5 Å². The molecule has 3 aromatic rings. The summed E-state index contributed by atoms with van der Waals surface area (Å²) >= 11 is 6.41. The van der Waals surface area contributed by atoms with Crippen molar-refractivity contribution in [1.29, 1.82) is 0 Å². The van der Waals surface area contributed by atoms with Crippen molar-refractivity contribution < 1.29 is 9.18 Å². The van der Waals surface area contributed by atoms with Crippen LogP contribution >= 0.6 is 11.6 Å². The van der Waals surface area contributed by atoms with Gasteiger partial charge in [-0.25, -0.2) is 9.37 Å². The monoisotopic (exact) mass is 385 g/mol. The van der Waals surface area contributed by atoms with Crippen molar-refractivity contribution in [2.75, 3.05) is 5.32 Å². The number of carbonyl (C=O) groups is 1. The third-order valence-corrected chi connectivity index (χ3v) is 5.17. The van der Waals surface area contributed by atoms with E-state index in [0.717, 1.165) is 10.9 Å². The molecule has 1 saturated carbocycles. The molecule has 0 spiro atoms. The highest BCUT2D eigenvalue weighted by Gasteiger charge is 2.43. The average Bonchev–Trinajstić information content (AvgIpc) is 3.35. The second-order valence-electron chi connectivity index (χ2n) is 6.89. The molecule has 2 atom stereocenters. The first-order chi connectivity index (χ1) is 12.8. The Hall–Kier alpha value is -2.73. The number of rotatable bonds is 3. The molecule has 0 saturated heterocycles. The summed E-state index contributed by atoms with van der Waals surface area (Å²) in [7, 11) is 1.70. The number of nitrogens with one attached hydrogen (secondary N) is 1. The summed E-state index contributed by atoms with van der Waals surface area (Å²) in [4.78, 5) is 28.7. The topological polar surface area (TPSA) is 64.0 Å². The van der Waals surface area contributed by atoms with Crippen molar-refractivity contribution in [3.05, 3.63) is 57.6 Å². The zero-order valence-electron chi connectivity index (χ0n) is 14.8. The van der Waals surface area contributed by atoms with Gasteiger partial charge in [0.2, 0.25) is 5.91 Å². The van der Waals surface area contributed by atoms with Crippen LogP contribution in [0.5, 0.6) is 0 Å². The fraction of sp³-hybridized carbons (Fsp3) is 0.250. The van der Waals surface area contributed by atoms with Crippen LogP contribution < -0.4 is 10.9 Å². The number of aromatic nitrogens is 2. The predicted octanol–water partition coefficient (Wildman–Crippen LogP) is 3.86. The summed E-state index contributed by atoms with van der Waals surface area (Å²) in [5, 5.41) is 4.54. The SMILES string of the molecule is Cc1ccn(C)c(=O)c1-c1cc(Cl)c2cnc(NC(=O)C3CC3F)cc2c1. The third-order valence-electron chi connectivity index (χ3n) is 4.85. The van der Waals surface area contributed by atoms with Gasteiger partial charge in [-0.15, -0.1) is 0 Å². The molecule has 4 rings (SSSR count). The normalized spacial score (nSPS) is 18.5. The van der Waals surface area contributed by atoms with E-state index >= 15 is 0 Å². The standard InChI is InChI=1S/C20H17ClFN3O2/c1-10-3-4-25(2)20(27)18(10)12-5-11-7-17(23-9-14(11)15(21)6-12)24-19(26)13-8-16(13)22/h3-7,9,13,16H,8H2,1-2H3,(H,23,24,26). The summed E-state index contributed by atoms with van der Waals surface area (Å²) in [5.74, 6) is -0.630. The van der Waals surface area contributed by atoms with E-state index in [1.807, 2.05) is 19.1 Å². The van der Waals surface area contributed by atoms with Gasteiger partial charge in [0.25, 0.3) is 5.56 Å². The lowest BCUT2D eigenvalue weighted by Gasteiger charge is -2.11. The lowest BCUT2D eigenvalue weighted by Crippen LogP contribution is -2.18. The van der Waals surface area contributed by atoms with E-state index in [9.17, 15) is 14.0 Å². The van der Waals surface area contributed by atoms with Crippen molar-refractivity contribution in [2.24, 2.45) is 13.0 Å². The molecule has 0 bridgehead atoms. The minimum Gasteiger partial charge on any atom is -0.318 e. The largest absolute Gasteiger partial charge is 0.318 e. The quantitative estimate of drug-likeness (QED) is 0.744. The molecule has 1 amide bonds. The number of benzene rings is 1. The van der Waals surface area contributed by atoms with E-state index in [1.54, 1.807) is 31.6 Å². The molecule has 1 N–H and O–H groups in total. The van der Waals surface area contributed by atoms with Crippen LogP contribution in [0.4, 0.5) is 10.2 Å². The van der Waals surface area contributed by atoms with E-state index in [2.05, 4.69) is 10.3 Å². The molecule has 27 heavy (non-hydrogen) atoms. The maximum absolute atomic E-state index is 13.1. The Morgan fingerprint density at radius 2 is 2.11 bits per heavy atom. The zero-order valence-corrected chi connectivity index (χ0v) is 15.5. The Kier molecular flexibility index (Phi) is 4.23. The van der Waals surface area contributed by atoms with Crippen molar-refractivity contribution in [3.8, 4) is 11.1 Å². The number of amides is 1. The van der Waals surface area contributed by atoms with Gasteiger partial charge in [0.1, 0.15) is 12.0 Å². The maximum Gasteiger partial charge on any atom is 0.258 e. The van der Waals surface area contributed by atoms with Crippen LogP contribution in [0.2, 0.25) is 5.02 Å². The number of pyridine rings is 2. The molecular weight excluding hydrogens is 369 g/mol. The highest BCUT2D eigenvalue weighted by molar-refractivity contribution is 6.36. The Morgan fingerprint density at radius 3 is 2.81 bits per heavy atom. The smallest absolute Gasteiger partial charge is 0.258 e. The van der Waals surface area contributed by atoms with Gasteiger partial charge in [-0.2, -0.15) is 0 Å². The van der Waals surface area contributed by atoms with Gasteiger partial charge in [0.15, 0.2) is 0 Å². The average molecular weight is 386 g/mol. The fourth-order valence-electron chi connectivity index (χ4n) is 3.15. The lowest BCUT2D eigenvalue weighted by atomic mass is 9.99. The van der Waals surface area contributed by atoms with Crippen molar-refractivity contribution in [2.45, 2.75) is 19.5 Å². The molecule has 1 aliphatic rings. The Bertz CT molecular complexity index is 1140. The molecule has 2 aromatic heterocycles. The summed E-state index contributed by atoms with van der Waals surface area (Å²) < 4.78 is 14.6. The summed E-state index contributed by atoms with van der Waals surface area (Å²) in [6, 6.07) is 7.14. The van der Waals surface area contributed by atoms with Gasteiger partial charge in [-0.1, -0.05) is 11.6 Å². The van der Waals surface area contributed by atoms with Crippen molar-refractivity contribution >= 4 is 34.1 Å². The molecule has 0 aliphatic heterocycles. The van der Waals surface area contributed by atoms with Crippen molar-refractivity contribution in [3.63, 3.8) is 0 Å². The van der Waals surface area contributed by atoms with Gasteiger partial charge < -0.3 is 9.88 Å². The Morgan fingerprint density at radius 1 is 1.37 bits per heavy atom. The van der Waals surface area contributed by atoms with Crippen LogP contribution in [-0.2, 0) is 11.8 Å². The predicted molar refractivity (Wildman–Crippen MR) is 104 cm³/mol. The number of halogens is 2. The van der Waals surface area contributed by atoms with E-state index in [-0.39, 0.29) is 17.9 Å². The van der Waals surface area contributed by atoms with Crippen LogP contribution in [0.15, 0.2) is 41.5 Å². The number of hydrogen-bond acceptors (Lipinski definition) is 3. The van der Waals surface area contributed by atoms with E-state index in [1.165, 1.54) is 4.57 Å². The van der Waals surface area contributed by atoms with Crippen LogP contribution in [0.25, 0.3) is 21.9 Å². The maximum atomic E-state index is 13.1. The van der Waals surface area contributed by atoms with E-state index in [0.29, 0.717) is 27.4 Å². The Labute approximate surface area is 159 Å². The number of fused-ring (bicyclic) bond motifs is 1. The molecule has 2 unspecified atom stereocenters. The third kappa shape index (κ3) is 3.21. The second kappa shape index (κ2) is 6.46. The van der Waals surface area contributed by atoms with Gasteiger partial charge in [-0.3, -0.25) is 9.59 Å². The Balaban J connectivity index is 1.79. The second-order valence-corrected chi connectivity index (χ2v) is 7.29. The minimum atomic E-state index is -1.07. The molecule has 0 radical (unpaired) electrons. The van der Waals surface area contributed by atoms with Crippen molar-refractivity contribution in [1.82, 2.24) is 9.55 Å². The first kappa shape index (κ1) is 17.7. The van der Waals surface area contributed by atoms with Crippen LogP contribution in [0, 0.1) is 12.8 Å². The number of hydrogen-bond donors (Lipinski definition) is 1. The van der Waals surface area contributed by atoms with Gasteiger partial charge in [0, 0.05) is 24.8 Å². The summed E-state index contributed by atoms with van der Waals surface area (Å²) in [5.41, 5.74) is 2.00. The van der Waals surface area contributed by atoms with E-state index in [4.69, 9.17) is 11.6 Å². The first-order valence-electron chi connectivity index (χ1n) is 8.56. The van der Waals surface area contributed by atoms with Gasteiger partial charge in [-0.05, 0) is 54.1 Å². The van der Waals surface area contributed by atoms with Gasteiger partial charge >= 0.3 is 0 Å². The molecule has 2 heterocycles. The molecule has 1 aromatic carbocycles. The number of aryl methyl sites for hydroxylation is 2. The van der Waals surface area contributed by atoms with E-state index < -0.39 is 12.1 Å². The highest BCUT2D eigenvalue weighted by Crippen LogP contribution is 2.35. The molecule has 5 nitrogen and oxygen atoms in total. The summed E-state index contributed by atoms with van der Waals surface area (Å²) in [6.07, 6.45) is 2.47. The zero-order chi connectivity index (χ0) is 19.3. The number of alkyl halides is 1. The summed E-state index contributed by atoms with van der Waals surface area (Å²) in [6.45, 7) is 1.87. The molecular formula is C20H17ClFN3O2. The lowest BCUT2D eigenvalue weighted by molar-refractivity contribution is -0.117. The molecule has 1 fully saturated rings. The fourth-order valence-corrected chi connectivity index (χ4v) is 3.43. The molecule has 7 heteroatoms. The van der Waals surface area contributed by atoms with Crippen LogP contribution in [-0.4, -0.2) is 21.6 Å². The molecule has 138 valence electrons. The van der Waals surface area contributed by atoms with Crippen LogP contribution in [0.3, 0.4) is 0 Å². The van der Waals surface area contributed by atoms with Crippen LogP contribution in [0.1, 0.15) is 12.0 Å². The first-order valence-corrected chi connectivity index (χ1v) is 8.94. The minimum absolute atomic E-state index is 0.115. The highest BCUT2D eigenvalue weighted by atomic mass is 35.5.